The molecule has 2 aliphatic rings. The molecule has 1 fully saturated rings. The number of nitrogens with zero attached hydrogens (tertiary/aromatic N) is 1. The number of fused-ring (bicyclic) bond motifs is 1. The van der Waals surface area contributed by atoms with Crippen molar-refractivity contribution in [2.45, 2.75) is 38.1 Å². The van der Waals surface area contributed by atoms with E-state index in [2.05, 4.69) is 23.5 Å². The molecule has 1 N–H and O–H groups in total. The summed E-state index contributed by atoms with van der Waals surface area (Å²) in [6, 6.07) is 14.4. The Hall–Kier alpha value is -2.49. The Kier molecular flexibility index (Phi) is 4.35. The molecule has 4 rings (SSSR count). The third-order valence-electron chi connectivity index (χ3n) is 5.36. The quantitative estimate of drug-likeness (QED) is 0.893. The Bertz CT molecular complexity index is 787. The number of likely N-dealkylation sites (tertiary alicyclic amines) is 1. The van der Waals surface area contributed by atoms with Crippen LogP contribution in [0.25, 0.3) is 0 Å². The van der Waals surface area contributed by atoms with Crippen LogP contribution < -0.4 is 10.1 Å². The molecular formula is C21H24N2O2. The number of hydrogen-bond donors (Lipinski definition) is 1. The van der Waals surface area contributed by atoms with E-state index in [9.17, 15) is 4.79 Å². The van der Waals surface area contributed by atoms with Crippen molar-refractivity contribution in [3.05, 3.63) is 59.2 Å². The zero-order chi connectivity index (χ0) is 17.2. The van der Waals surface area contributed by atoms with Crippen molar-refractivity contribution in [2.75, 3.05) is 19.0 Å². The van der Waals surface area contributed by atoms with Gasteiger partial charge in [0, 0.05) is 17.8 Å². The van der Waals surface area contributed by atoms with Crippen molar-refractivity contribution in [3.63, 3.8) is 0 Å². The summed E-state index contributed by atoms with van der Waals surface area (Å²) in [5, 5.41) is 3.10. The van der Waals surface area contributed by atoms with E-state index in [0.717, 1.165) is 49.2 Å². The van der Waals surface area contributed by atoms with E-state index in [0.29, 0.717) is 0 Å². The van der Waals surface area contributed by atoms with Gasteiger partial charge >= 0.3 is 6.03 Å². The highest BCUT2D eigenvalue weighted by atomic mass is 16.5. The average molecular weight is 336 g/mol. The van der Waals surface area contributed by atoms with Crippen LogP contribution in [0.5, 0.6) is 5.75 Å². The van der Waals surface area contributed by atoms with E-state index < -0.39 is 0 Å². The Labute approximate surface area is 148 Å². The second-order valence-corrected chi connectivity index (χ2v) is 6.86. The molecular weight excluding hydrogens is 312 g/mol. The molecule has 4 heteroatoms. The Morgan fingerprint density at radius 3 is 2.84 bits per heavy atom. The minimum Gasteiger partial charge on any atom is -0.496 e. The molecule has 1 saturated heterocycles. The fourth-order valence-corrected chi connectivity index (χ4v) is 4.12. The summed E-state index contributed by atoms with van der Waals surface area (Å²) in [5.41, 5.74) is 4.79. The molecule has 1 aliphatic carbocycles. The number of rotatable bonds is 3. The minimum absolute atomic E-state index is 0.0219. The number of anilines is 1. The van der Waals surface area contributed by atoms with Gasteiger partial charge in [0.25, 0.3) is 0 Å². The first kappa shape index (κ1) is 16.0. The van der Waals surface area contributed by atoms with Crippen LogP contribution in [0.4, 0.5) is 10.5 Å². The molecule has 1 heterocycles. The number of benzene rings is 2. The number of amides is 2. The highest BCUT2D eigenvalue weighted by Crippen LogP contribution is 2.37. The summed E-state index contributed by atoms with van der Waals surface area (Å²) in [7, 11) is 1.68. The molecule has 2 aromatic rings. The van der Waals surface area contributed by atoms with Crippen molar-refractivity contribution in [2.24, 2.45) is 0 Å². The summed E-state index contributed by atoms with van der Waals surface area (Å²) in [6.45, 7) is 0.777. The van der Waals surface area contributed by atoms with Gasteiger partial charge in [-0.2, -0.15) is 0 Å². The van der Waals surface area contributed by atoms with Crippen LogP contribution in [0.2, 0.25) is 0 Å². The molecule has 0 radical (unpaired) electrons. The van der Waals surface area contributed by atoms with Gasteiger partial charge in [-0.15, -0.1) is 0 Å². The molecule has 1 atom stereocenters. The van der Waals surface area contributed by atoms with Gasteiger partial charge in [0.15, 0.2) is 0 Å². The zero-order valence-corrected chi connectivity index (χ0v) is 14.6. The van der Waals surface area contributed by atoms with Crippen LogP contribution in [0.15, 0.2) is 42.5 Å². The van der Waals surface area contributed by atoms with E-state index in [1.54, 1.807) is 7.11 Å². The van der Waals surface area contributed by atoms with E-state index >= 15 is 0 Å². The van der Waals surface area contributed by atoms with Gasteiger partial charge < -0.3 is 15.0 Å². The number of carbonyl (C=O) groups is 1. The first-order valence-corrected chi connectivity index (χ1v) is 9.08. The van der Waals surface area contributed by atoms with Gasteiger partial charge in [-0.05, 0) is 61.4 Å². The van der Waals surface area contributed by atoms with Crippen LogP contribution in [0, 0.1) is 0 Å². The standard InChI is InChI=1S/C21H24N2O2/c1-25-20-10-3-2-8-18(20)19-9-5-13-23(19)21(24)22-17-12-11-15-6-4-7-16(15)14-17/h2-3,8,10-12,14,19H,4-7,9,13H2,1H3,(H,22,24)/t19-/m1/s1. The van der Waals surface area contributed by atoms with Crippen molar-refractivity contribution in [1.29, 1.82) is 0 Å². The highest BCUT2D eigenvalue weighted by Gasteiger charge is 2.31. The number of para-hydroxylation sites is 1. The first-order valence-electron chi connectivity index (χ1n) is 9.08. The highest BCUT2D eigenvalue weighted by molar-refractivity contribution is 5.90. The van der Waals surface area contributed by atoms with E-state index in [4.69, 9.17) is 4.74 Å². The monoisotopic (exact) mass is 336 g/mol. The lowest BCUT2D eigenvalue weighted by atomic mass is 10.0. The van der Waals surface area contributed by atoms with Crippen molar-refractivity contribution in [3.8, 4) is 5.75 Å². The molecule has 25 heavy (non-hydrogen) atoms. The number of ether oxygens (including phenoxy) is 1. The molecule has 0 saturated carbocycles. The SMILES string of the molecule is COc1ccccc1[C@H]1CCCN1C(=O)Nc1ccc2c(c1)CCC2. The molecule has 1 aliphatic heterocycles. The number of hydrogen-bond acceptors (Lipinski definition) is 2. The van der Waals surface area contributed by atoms with E-state index in [1.807, 2.05) is 29.2 Å². The molecule has 130 valence electrons. The number of carbonyl (C=O) groups excluding carboxylic acids is 1. The Morgan fingerprint density at radius 1 is 1.12 bits per heavy atom. The fourth-order valence-electron chi connectivity index (χ4n) is 4.12. The summed E-state index contributed by atoms with van der Waals surface area (Å²) < 4.78 is 5.50. The molecule has 2 aromatic carbocycles. The lowest BCUT2D eigenvalue weighted by Crippen LogP contribution is -2.34. The third kappa shape index (κ3) is 3.09. The Morgan fingerprint density at radius 2 is 1.96 bits per heavy atom. The van der Waals surface area contributed by atoms with Crippen LogP contribution in [-0.4, -0.2) is 24.6 Å². The minimum atomic E-state index is -0.0219. The second-order valence-electron chi connectivity index (χ2n) is 6.86. The van der Waals surface area contributed by atoms with Gasteiger partial charge in [0.2, 0.25) is 0 Å². The van der Waals surface area contributed by atoms with Crippen molar-refractivity contribution in [1.82, 2.24) is 4.90 Å². The number of aryl methyl sites for hydroxylation is 2. The molecule has 0 bridgehead atoms. The summed E-state index contributed by atoms with van der Waals surface area (Å²) in [5.74, 6) is 0.852. The lowest BCUT2D eigenvalue weighted by Gasteiger charge is -2.26. The topological polar surface area (TPSA) is 41.6 Å². The zero-order valence-electron chi connectivity index (χ0n) is 14.6. The molecule has 4 nitrogen and oxygen atoms in total. The first-order chi connectivity index (χ1) is 12.3. The average Bonchev–Trinajstić information content (AvgIpc) is 3.30. The number of urea groups is 1. The van der Waals surface area contributed by atoms with Crippen LogP contribution in [-0.2, 0) is 12.8 Å². The van der Waals surface area contributed by atoms with Crippen molar-refractivity contribution < 1.29 is 9.53 Å². The molecule has 0 aromatic heterocycles. The molecule has 0 spiro atoms. The van der Waals surface area contributed by atoms with Crippen LogP contribution in [0.3, 0.4) is 0 Å². The van der Waals surface area contributed by atoms with Gasteiger partial charge in [-0.1, -0.05) is 24.3 Å². The number of methoxy groups -OCH3 is 1. The maximum Gasteiger partial charge on any atom is 0.322 e. The normalized spacial score (nSPS) is 18.9. The van der Waals surface area contributed by atoms with Gasteiger partial charge in [0.05, 0.1) is 13.2 Å². The predicted octanol–water partition coefficient (Wildman–Crippen LogP) is 4.55. The number of nitrogens with one attached hydrogen (secondary N) is 1. The largest absolute Gasteiger partial charge is 0.496 e. The second kappa shape index (κ2) is 6.79. The summed E-state index contributed by atoms with van der Waals surface area (Å²) in [6.07, 6.45) is 5.48. The van der Waals surface area contributed by atoms with Gasteiger partial charge in [0.1, 0.15) is 5.75 Å². The van der Waals surface area contributed by atoms with E-state index in [-0.39, 0.29) is 12.1 Å². The summed E-state index contributed by atoms with van der Waals surface area (Å²) in [4.78, 5) is 14.8. The molecule has 2 amide bonds. The molecule has 0 unspecified atom stereocenters. The van der Waals surface area contributed by atoms with Crippen LogP contribution >= 0.6 is 0 Å². The third-order valence-corrected chi connectivity index (χ3v) is 5.36. The maximum atomic E-state index is 12.9. The van der Waals surface area contributed by atoms with Crippen LogP contribution in [0.1, 0.15) is 42.0 Å². The lowest BCUT2D eigenvalue weighted by molar-refractivity contribution is 0.206. The maximum absolute atomic E-state index is 12.9. The Balaban J connectivity index is 1.53. The fraction of sp³-hybridized carbons (Fsp3) is 0.381. The van der Waals surface area contributed by atoms with Gasteiger partial charge in [-0.25, -0.2) is 4.79 Å². The van der Waals surface area contributed by atoms with Gasteiger partial charge in [-0.3, -0.25) is 0 Å². The summed E-state index contributed by atoms with van der Waals surface area (Å²) >= 11 is 0. The van der Waals surface area contributed by atoms with Crippen molar-refractivity contribution >= 4 is 11.7 Å². The predicted molar refractivity (Wildman–Crippen MR) is 99.2 cm³/mol. The van der Waals surface area contributed by atoms with E-state index in [1.165, 1.54) is 17.5 Å². The smallest absolute Gasteiger partial charge is 0.322 e.